The Labute approximate surface area is 332 Å². The van der Waals surface area contributed by atoms with E-state index in [2.05, 4.69) is 184 Å². The van der Waals surface area contributed by atoms with Crippen LogP contribution >= 0.6 is 11.3 Å². The molecule has 1 N–H and O–H groups in total. The van der Waals surface area contributed by atoms with E-state index in [9.17, 15) is 0 Å². The van der Waals surface area contributed by atoms with Crippen LogP contribution < -0.4 is 5.32 Å². The molecule has 0 fully saturated rings. The van der Waals surface area contributed by atoms with Crippen LogP contribution in [0.1, 0.15) is 22.9 Å². The molecule has 12 rings (SSSR count). The fourth-order valence-electron chi connectivity index (χ4n) is 8.86. The average molecular weight is 748 g/mol. The zero-order valence-corrected chi connectivity index (χ0v) is 31.5. The Hall–Kier alpha value is -7.28. The fourth-order valence-corrected chi connectivity index (χ4v) is 10.1. The molecule has 0 amide bonds. The summed E-state index contributed by atoms with van der Waals surface area (Å²) in [6.45, 7) is 0. The molecule has 1 aliphatic rings. The number of rotatable bonds is 5. The number of aliphatic imine (C=N–C) groups is 2. The second kappa shape index (κ2) is 12.6. The molecule has 0 radical (unpaired) electrons. The molecule has 0 saturated carbocycles. The minimum Gasteiger partial charge on any atom is -0.344 e. The molecular formula is C51H33N5S. The molecule has 0 aliphatic carbocycles. The predicted molar refractivity (Wildman–Crippen MR) is 240 cm³/mol. The van der Waals surface area contributed by atoms with Gasteiger partial charge in [0.05, 0.1) is 22.1 Å². The van der Waals surface area contributed by atoms with Crippen molar-refractivity contribution < 1.29 is 0 Å². The standard InChI is InChI=1S/C51H33N5S/c1-3-14-32(15-4-1)49-52-50(54-51(53-49)40-22-13-21-37-36-18-9-12-25-45(36)57-48(37)40)33-26-28-35(29-27-33)56-42-24-11-8-20-39(42)47-44(56)31-30-43-46(47)38-19-7-10-23-41(38)55(43)34-16-5-2-6-17-34/h1-31,50H,(H,52,53,54). The van der Waals surface area contributed by atoms with Crippen LogP contribution in [-0.4, -0.2) is 20.8 Å². The lowest BCUT2D eigenvalue weighted by atomic mass is 10.1. The lowest BCUT2D eigenvalue weighted by Crippen LogP contribution is -2.33. The summed E-state index contributed by atoms with van der Waals surface area (Å²) in [5, 5.41) is 11.3. The van der Waals surface area contributed by atoms with Gasteiger partial charge in [-0.3, -0.25) is 0 Å². The quantitative estimate of drug-likeness (QED) is 0.187. The van der Waals surface area contributed by atoms with Crippen molar-refractivity contribution in [3.8, 4) is 11.4 Å². The summed E-state index contributed by atoms with van der Waals surface area (Å²) < 4.78 is 7.30. The van der Waals surface area contributed by atoms with Gasteiger partial charge in [-0.1, -0.05) is 127 Å². The lowest BCUT2D eigenvalue weighted by Gasteiger charge is -2.24. The molecule has 11 aromatic rings. The number of nitrogens with one attached hydrogen (secondary N) is 1. The number of hydrogen-bond acceptors (Lipinski definition) is 4. The van der Waals surface area contributed by atoms with Crippen LogP contribution in [0.15, 0.2) is 198 Å². The van der Waals surface area contributed by atoms with Crippen molar-refractivity contribution in [2.45, 2.75) is 6.17 Å². The van der Waals surface area contributed by atoms with Gasteiger partial charge in [0, 0.05) is 64.2 Å². The second-order valence-corrected chi connectivity index (χ2v) is 15.6. The van der Waals surface area contributed by atoms with Crippen LogP contribution in [0.25, 0.3) is 75.2 Å². The molecule has 0 bridgehead atoms. The van der Waals surface area contributed by atoms with Gasteiger partial charge in [0.2, 0.25) is 0 Å². The maximum atomic E-state index is 5.22. The van der Waals surface area contributed by atoms with Crippen molar-refractivity contribution >= 4 is 86.8 Å². The first-order valence-corrected chi connectivity index (χ1v) is 20.1. The van der Waals surface area contributed by atoms with Crippen molar-refractivity contribution in [1.82, 2.24) is 14.5 Å². The van der Waals surface area contributed by atoms with Crippen LogP contribution in [0.3, 0.4) is 0 Å². The van der Waals surface area contributed by atoms with Gasteiger partial charge in [-0.25, -0.2) is 9.98 Å². The lowest BCUT2D eigenvalue weighted by molar-refractivity contribution is 0.674. The molecule has 6 heteroatoms. The Morgan fingerprint density at radius 1 is 0.456 bits per heavy atom. The molecule has 3 aromatic heterocycles. The number of nitrogens with zero attached hydrogens (tertiary/aromatic N) is 4. The fraction of sp³-hybridized carbons (Fsp3) is 0.0196. The number of benzene rings is 8. The van der Waals surface area contributed by atoms with E-state index in [1.165, 1.54) is 63.8 Å². The smallest absolute Gasteiger partial charge is 0.159 e. The Kier molecular flexibility index (Phi) is 7.09. The summed E-state index contributed by atoms with van der Waals surface area (Å²) >= 11 is 1.81. The summed E-state index contributed by atoms with van der Waals surface area (Å²) in [6, 6.07) is 67.2. The number of fused-ring (bicyclic) bond motifs is 10. The second-order valence-electron chi connectivity index (χ2n) is 14.6. The van der Waals surface area contributed by atoms with E-state index >= 15 is 0 Å². The molecule has 0 spiro atoms. The molecule has 1 aliphatic heterocycles. The summed E-state index contributed by atoms with van der Waals surface area (Å²) in [5.74, 6) is 1.55. The summed E-state index contributed by atoms with van der Waals surface area (Å²) in [4.78, 5) is 10.4. The third kappa shape index (κ3) is 4.94. The summed E-state index contributed by atoms with van der Waals surface area (Å²) in [6.07, 6.45) is -0.326. The Morgan fingerprint density at radius 2 is 1.02 bits per heavy atom. The first-order chi connectivity index (χ1) is 28.3. The summed E-state index contributed by atoms with van der Waals surface area (Å²) in [5.41, 5.74) is 10.2. The van der Waals surface area contributed by atoms with E-state index in [1.54, 1.807) is 0 Å². The highest BCUT2D eigenvalue weighted by Gasteiger charge is 2.24. The van der Waals surface area contributed by atoms with Gasteiger partial charge in [-0.05, 0) is 66.2 Å². The first-order valence-electron chi connectivity index (χ1n) is 19.3. The molecule has 57 heavy (non-hydrogen) atoms. The monoisotopic (exact) mass is 747 g/mol. The van der Waals surface area contributed by atoms with Crippen molar-refractivity contribution in [1.29, 1.82) is 0 Å². The number of thiophene rings is 1. The number of aromatic nitrogens is 2. The SMILES string of the molecule is c1ccc(C2=NC(c3ccc(-n4c5ccccc5c5c6c7ccccc7n(-c7ccccc7)c6ccc54)cc3)NC(c3cccc4c3sc3ccccc34)=N2)cc1. The zero-order chi connectivity index (χ0) is 37.5. The predicted octanol–water partition coefficient (Wildman–Crippen LogP) is 12.7. The van der Waals surface area contributed by atoms with E-state index in [1.807, 2.05) is 29.5 Å². The van der Waals surface area contributed by atoms with Gasteiger partial charge >= 0.3 is 0 Å². The Balaban J connectivity index is 0.997. The van der Waals surface area contributed by atoms with Crippen LogP contribution in [0, 0.1) is 0 Å². The molecule has 1 unspecified atom stereocenters. The molecule has 8 aromatic carbocycles. The maximum Gasteiger partial charge on any atom is 0.159 e. The van der Waals surface area contributed by atoms with Gasteiger partial charge in [0.25, 0.3) is 0 Å². The highest BCUT2D eigenvalue weighted by atomic mass is 32.1. The maximum absolute atomic E-state index is 5.22. The van der Waals surface area contributed by atoms with Crippen molar-refractivity contribution in [3.05, 3.63) is 205 Å². The summed E-state index contributed by atoms with van der Waals surface area (Å²) in [7, 11) is 0. The molecule has 268 valence electrons. The van der Waals surface area contributed by atoms with E-state index in [0.29, 0.717) is 0 Å². The third-order valence-corrected chi connectivity index (χ3v) is 12.6. The van der Waals surface area contributed by atoms with Gasteiger partial charge in [0.1, 0.15) is 12.0 Å². The van der Waals surface area contributed by atoms with Crippen LogP contribution in [0.5, 0.6) is 0 Å². The minimum absolute atomic E-state index is 0.326. The number of hydrogen-bond donors (Lipinski definition) is 1. The van der Waals surface area contributed by atoms with E-state index in [0.717, 1.165) is 39.7 Å². The van der Waals surface area contributed by atoms with Crippen LogP contribution in [0.2, 0.25) is 0 Å². The van der Waals surface area contributed by atoms with E-state index in [4.69, 9.17) is 9.98 Å². The van der Waals surface area contributed by atoms with Gasteiger partial charge in [-0.15, -0.1) is 11.3 Å². The molecule has 5 nitrogen and oxygen atoms in total. The molecular weight excluding hydrogens is 715 g/mol. The Bertz CT molecular complexity index is 3420. The van der Waals surface area contributed by atoms with Gasteiger partial charge in [0.15, 0.2) is 5.84 Å². The zero-order valence-electron chi connectivity index (χ0n) is 30.7. The van der Waals surface area contributed by atoms with E-state index in [-0.39, 0.29) is 6.17 Å². The van der Waals surface area contributed by atoms with Gasteiger partial charge in [-0.2, -0.15) is 0 Å². The van der Waals surface area contributed by atoms with E-state index < -0.39 is 0 Å². The highest BCUT2D eigenvalue weighted by molar-refractivity contribution is 7.26. The minimum atomic E-state index is -0.326. The van der Waals surface area contributed by atoms with Gasteiger partial charge < -0.3 is 14.5 Å². The molecule has 4 heterocycles. The van der Waals surface area contributed by atoms with Crippen molar-refractivity contribution in [2.75, 3.05) is 0 Å². The van der Waals surface area contributed by atoms with Crippen LogP contribution in [0.4, 0.5) is 0 Å². The first kappa shape index (κ1) is 32.0. The van der Waals surface area contributed by atoms with Crippen molar-refractivity contribution in [2.24, 2.45) is 9.98 Å². The Morgan fingerprint density at radius 3 is 1.70 bits per heavy atom. The largest absolute Gasteiger partial charge is 0.344 e. The van der Waals surface area contributed by atoms with Crippen LogP contribution in [-0.2, 0) is 0 Å². The molecule has 0 saturated heterocycles. The number of para-hydroxylation sites is 3. The van der Waals surface area contributed by atoms with Crippen molar-refractivity contribution in [3.63, 3.8) is 0 Å². The third-order valence-electron chi connectivity index (χ3n) is 11.4. The average Bonchev–Trinajstić information content (AvgIpc) is 3.95. The normalized spacial score (nSPS) is 14.5. The number of amidine groups is 2. The topological polar surface area (TPSA) is 46.6 Å². The molecule has 1 atom stereocenters. The highest BCUT2D eigenvalue weighted by Crippen LogP contribution is 2.42.